The van der Waals surface area contributed by atoms with Crippen LogP contribution in [0.3, 0.4) is 0 Å². The van der Waals surface area contributed by atoms with E-state index in [0.29, 0.717) is 11.3 Å². The molecule has 0 amide bonds. The lowest BCUT2D eigenvalue weighted by Gasteiger charge is -2.09. The normalized spacial score (nSPS) is 10.2. The molecule has 2 aromatic rings. The summed E-state index contributed by atoms with van der Waals surface area (Å²) in [6, 6.07) is 12.0. The Balaban J connectivity index is 2.16. The Morgan fingerprint density at radius 2 is 2.00 bits per heavy atom. The van der Waals surface area contributed by atoms with Crippen molar-refractivity contribution < 1.29 is 9.13 Å². The summed E-state index contributed by atoms with van der Waals surface area (Å²) in [4.78, 5) is 0. The summed E-state index contributed by atoms with van der Waals surface area (Å²) >= 11 is 3.33. The Kier molecular flexibility index (Phi) is 4.16. The van der Waals surface area contributed by atoms with Gasteiger partial charge in [-0.15, -0.1) is 0 Å². The van der Waals surface area contributed by atoms with Crippen molar-refractivity contribution in [3.8, 4) is 5.75 Å². The zero-order valence-electron chi connectivity index (χ0n) is 9.99. The fraction of sp³-hybridized carbons (Fsp3) is 0.0714. The van der Waals surface area contributed by atoms with Gasteiger partial charge in [-0.2, -0.15) is 0 Å². The number of hydrogen-bond acceptors (Lipinski definition) is 2. The fourth-order valence-electron chi connectivity index (χ4n) is 1.62. The van der Waals surface area contributed by atoms with Crippen LogP contribution in [0, 0.1) is 11.2 Å². The van der Waals surface area contributed by atoms with Gasteiger partial charge >= 0.3 is 0 Å². The molecule has 0 unspecified atom stereocenters. The summed E-state index contributed by atoms with van der Waals surface area (Å²) in [5.41, 5.74) is 5.77. The van der Waals surface area contributed by atoms with E-state index in [4.69, 9.17) is 15.9 Å². The maximum Gasteiger partial charge on any atom is 0.140 e. The van der Waals surface area contributed by atoms with Crippen LogP contribution >= 0.6 is 15.9 Å². The molecule has 3 nitrogen and oxygen atoms in total. The standard InChI is InChI=1S/C14H12BrFN2O/c15-10-4-2-5-11(7-10)19-8-9-3-1-6-12(13(9)16)14(17)18/h1-7H,8H2,(H3,17,18). The van der Waals surface area contributed by atoms with Crippen molar-refractivity contribution in [1.29, 1.82) is 5.41 Å². The molecule has 19 heavy (non-hydrogen) atoms. The van der Waals surface area contributed by atoms with Crippen molar-refractivity contribution in [3.05, 3.63) is 63.9 Å². The number of hydrogen-bond donors (Lipinski definition) is 2. The Bertz CT molecular complexity index is 616. The first-order valence-electron chi connectivity index (χ1n) is 5.58. The second kappa shape index (κ2) is 5.84. The molecule has 0 aliphatic carbocycles. The smallest absolute Gasteiger partial charge is 0.140 e. The molecule has 2 rings (SSSR count). The Morgan fingerprint density at radius 1 is 1.26 bits per heavy atom. The summed E-state index contributed by atoms with van der Waals surface area (Å²) < 4.78 is 20.4. The van der Waals surface area contributed by atoms with E-state index in [9.17, 15) is 4.39 Å². The first-order valence-corrected chi connectivity index (χ1v) is 6.37. The van der Waals surface area contributed by atoms with Crippen LogP contribution in [-0.4, -0.2) is 5.84 Å². The summed E-state index contributed by atoms with van der Waals surface area (Å²) in [7, 11) is 0. The number of rotatable bonds is 4. The second-order valence-corrected chi connectivity index (χ2v) is 4.85. The van der Waals surface area contributed by atoms with Gasteiger partial charge in [0.2, 0.25) is 0 Å². The number of halogens is 2. The SMILES string of the molecule is N=C(N)c1cccc(COc2cccc(Br)c2)c1F. The Labute approximate surface area is 118 Å². The van der Waals surface area contributed by atoms with E-state index in [-0.39, 0.29) is 18.0 Å². The van der Waals surface area contributed by atoms with Gasteiger partial charge < -0.3 is 10.5 Å². The molecule has 0 atom stereocenters. The highest BCUT2D eigenvalue weighted by Crippen LogP contribution is 2.20. The van der Waals surface area contributed by atoms with E-state index in [2.05, 4.69) is 15.9 Å². The van der Waals surface area contributed by atoms with Crippen LogP contribution in [0.15, 0.2) is 46.9 Å². The summed E-state index contributed by atoms with van der Waals surface area (Å²) in [5, 5.41) is 7.29. The lowest BCUT2D eigenvalue weighted by Crippen LogP contribution is -2.14. The third kappa shape index (κ3) is 3.32. The van der Waals surface area contributed by atoms with Gasteiger partial charge in [0.25, 0.3) is 0 Å². The first kappa shape index (κ1) is 13.5. The van der Waals surface area contributed by atoms with Crippen LogP contribution in [0.1, 0.15) is 11.1 Å². The second-order valence-electron chi connectivity index (χ2n) is 3.94. The number of ether oxygens (including phenoxy) is 1. The molecule has 0 aromatic heterocycles. The predicted molar refractivity (Wildman–Crippen MR) is 75.9 cm³/mol. The molecule has 0 fully saturated rings. The maximum atomic E-state index is 14.0. The van der Waals surface area contributed by atoms with Crippen LogP contribution in [0.5, 0.6) is 5.75 Å². The zero-order chi connectivity index (χ0) is 13.8. The average Bonchev–Trinajstić information content (AvgIpc) is 2.37. The van der Waals surface area contributed by atoms with Crippen molar-refractivity contribution in [3.63, 3.8) is 0 Å². The van der Waals surface area contributed by atoms with Gasteiger partial charge in [-0.05, 0) is 24.3 Å². The van der Waals surface area contributed by atoms with Crippen molar-refractivity contribution in [2.75, 3.05) is 0 Å². The molecule has 0 heterocycles. The van der Waals surface area contributed by atoms with Crippen LogP contribution in [-0.2, 0) is 6.61 Å². The van der Waals surface area contributed by atoms with Crippen molar-refractivity contribution in [2.45, 2.75) is 6.61 Å². The largest absolute Gasteiger partial charge is 0.489 e. The van der Waals surface area contributed by atoms with E-state index in [1.807, 2.05) is 12.1 Å². The van der Waals surface area contributed by atoms with Gasteiger partial charge in [-0.3, -0.25) is 5.41 Å². The molecule has 0 saturated carbocycles. The average molecular weight is 323 g/mol. The third-order valence-corrected chi connectivity index (χ3v) is 3.05. The number of amidine groups is 1. The Morgan fingerprint density at radius 3 is 2.68 bits per heavy atom. The van der Waals surface area contributed by atoms with Crippen molar-refractivity contribution >= 4 is 21.8 Å². The molecule has 0 aliphatic rings. The van der Waals surface area contributed by atoms with Gasteiger partial charge in [0.05, 0.1) is 5.56 Å². The predicted octanol–water partition coefficient (Wildman–Crippen LogP) is 3.45. The number of nitrogen functional groups attached to an aromatic ring is 1. The topological polar surface area (TPSA) is 59.1 Å². The molecular weight excluding hydrogens is 311 g/mol. The molecular formula is C14H12BrFN2O. The monoisotopic (exact) mass is 322 g/mol. The van der Waals surface area contributed by atoms with E-state index in [1.54, 1.807) is 24.3 Å². The lowest BCUT2D eigenvalue weighted by atomic mass is 10.1. The molecule has 0 spiro atoms. The van der Waals surface area contributed by atoms with Crippen molar-refractivity contribution in [1.82, 2.24) is 0 Å². The quantitative estimate of drug-likeness (QED) is 0.669. The molecule has 2 aromatic carbocycles. The van der Waals surface area contributed by atoms with E-state index < -0.39 is 5.82 Å². The minimum Gasteiger partial charge on any atom is -0.489 e. The van der Waals surface area contributed by atoms with E-state index in [0.717, 1.165) is 4.47 Å². The lowest BCUT2D eigenvalue weighted by molar-refractivity contribution is 0.299. The molecule has 3 N–H and O–H groups in total. The molecule has 98 valence electrons. The van der Waals surface area contributed by atoms with Crippen LogP contribution < -0.4 is 10.5 Å². The molecule has 5 heteroatoms. The van der Waals surface area contributed by atoms with Crippen molar-refractivity contribution in [2.24, 2.45) is 5.73 Å². The van der Waals surface area contributed by atoms with E-state index >= 15 is 0 Å². The van der Waals surface area contributed by atoms with Gasteiger partial charge in [0.1, 0.15) is 24.0 Å². The van der Waals surface area contributed by atoms with Gasteiger partial charge in [0.15, 0.2) is 0 Å². The zero-order valence-corrected chi connectivity index (χ0v) is 11.6. The maximum absolute atomic E-state index is 14.0. The summed E-state index contributed by atoms with van der Waals surface area (Å²) in [6.07, 6.45) is 0. The minimum absolute atomic E-state index is 0.0867. The van der Waals surface area contributed by atoms with Gasteiger partial charge in [-0.1, -0.05) is 34.1 Å². The Hall–Kier alpha value is -1.88. The van der Waals surface area contributed by atoms with Crippen LogP contribution in [0.2, 0.25) is 0 Å². The first-order chi connectivity index (χ1) is 9.08. The van der Waals surface area contributed by atoms with Crippen LogP contribution in [0.25, 0.3) is 0 Å². The van der Waals surface area contributed by atoms with Gasteiger partial charge in [0, 0.05) is 10.0 Å². The highest BCUT2D eigenvalue weighted by Gasteiger charge is 2.10. The molecule has 0 aliphatic heterocycles. The fourth-order valence-corrected chi connectivity index (χ4v) is 2.00. The summed E-state index contributed by atoms with van der Waals surface area (Å²) in [6.45, 7) is 0.0867. The van der Waals surface area contributed by atoms with E-state index in [1.165, 1.54) is 6.07 Å². The molecule has 0 radical (unpaired) electrons. The molecule has 0 saturated heterocycles. The minimum atomic E-state index is -0.509. The number of nitrogens with one attached hydrogen (secondary N) is 1. The van der Waals surface area contributed by atoms with Gasteiger partial charge in [-0.25, -0.2) is 4.39 Å². The number of benzene rings is 2. The highest BCUT2D eigenvalue weighted by molar-refractivity contribution is 9.10. The highest BCUT2D eigenvalue weighted by atomic mass is 79.9. The third-order valence-electron chi connectivity index (χ3n) is 2.56. The number of nitrogens with two attached hydrogens (primary N) is 1. The summed E-state index contributed by atoms with van der Waals surface area (Å²) in [5.74, 6) is -0.159. The van der Waals surface area contributed by atoms with Crippen LogP contribution in [0.4, 0.5) is 4.39 Å². The molecule has 0 bridgehead atoms.